The van der Waals surface area contributed by atoms with Crippen LogP contribution in [0.2, 0.25) is 0 Å². The number of rotatable bonds is 4. The van der Waals surface area contributed by atoms with E-state index >= 15 is 0 Å². The van der Waals surface area contributed by atoms with Gasteiger partial charge in [-0.25, -0.2) is 9.29 Å². The number of alkyl halides is 3. The van der Waals surface area contributed by atoms with Gasteiger partial charge in [0, 0.05) is 5.69 Å². The zero-order chi connectivity index (χ0) is 18.9. The van der Waals surface area contributed by atoms with E-state index in [9.17, 15) is 27.2 Å². The Morgan fingerprint density at radius 1 is 1.04 bits per heavy atom. The van der Waals surface area contributed by atoms with Crippen molar-refractivity contribution in [3.05, 3.63) is 54.3 Å². The first-order valence-electron chi connectivity index (χ1n) is 7.48. The average Bonchev–Trinajstić information content (AvgIpc) is 2.83. The fourth-order valence-electron chi connectivity index (χ4n) is 2.58. The molecule has 1 fully saturated rings. The minimum atomic E-state index is -4.80. The van der Waals surface area contributed by atoms with Crippen molar-refractivity contribution in [3.8, 4) is 5.75 Å². The number of carbonyl (C=O) groups excluding carboxylic acids is 2. The highest BCUT2D eigenvalue weighted by Gasteiger charge is 2.40. The second-order valence-electron chi connectivity index (χ2n) is 5.49. The third kappa shape index (κ3) is 3.76. The molecule has 1 aliphatic rings. The van der Waals surface area contributed by atoms with Crippen LogP contribution in [0.1, 0.15) is 6.42 Å². The molecule has 26 heavy (non-hydrogen) atoms. The predicted molar refractivity (Wildman–Crippen MR) is 84.0 cm³/mol. The van der Waals surface area contributed by atoms with Gasteiger partial charge in [-0.2, -0.15) is 0 Å². The summed E-state index contributed by atoms with van der Waals surface area (Å²) in [5, 5.41) is 2.76. The van der Waals surface area contributed by atoms with E-state index in [1.54, 1.807) is 0 Å². The molecule has 0 aliphatic carbocycles. The lowest BCUT2D eigenvalue weighted by atomic mass is 10.2. The van der Waals surface area contributed by atoms with E-state index in [4.69, 9.17) is 0 Å². The highest BCUT2D eigenvalue weighted by Crippen LogP contribution is 2.28. The number of benzene rings is 2. The zero-order valence-corrected chi connectivity index (χ0v) is 13.1. The Bertz CT molecular complexity index is 837. The second-order valence-corrected chi connectivity index (χ2v) is 5.49. The number of carbonyl (C=O) groups is 2. The van der Waals surface area contributed by atoms with E-state index in [1.165, 1.54) is 30.3 Å². The van der Waals surface area contributed by atoms with E-state index in [0.29, 0.717) is 5.69 Å². The number of ether oxygens (including phenoxy) is 1. The van der Waals surface area contributed by atoms with Gasteiger partial charge in [0.05, 0.1) is 12.1 Å². The summed E-state index contributed by atoms with van der Waals surface area (Å²) in [5.41, 5.74) is 0.182. The summed E-state index contributed by atoms with van der Waals surface area (Å²) >= 11 is 0. The number of nitrogens with zero attached hydrogens (tertiary/aromatic N) is 1. The van der Waals surface area contributed by atoms with Crippen LogP contribution in [0.25, 0.3) is 0 Å². The third-order valence-electron chi connectivity index (χ3n) is 3.67. The number of anilines is 2. The molecule has 2 aromatic carbocycles. The van der Waals surface area contributed by atoms with Crippen LogP contribution in [0, 0.1) is 5.82 Å². The van der Waals surface area contributed by atoms with E-state index in [0.717, 1.165) is 23.1 Å². The number of hydrogen-bond acceptors (Lipinski definition) is 4. The normalized spacial score (nSPS) is 17.5. The standard InChI is InChI=1S/C17H12F4N2O3/c18-12-3-1-2-4-14(12)23-15(24)9-13(16(23)25)22-10-5-7-11(8-6-10)26-17(19,20)21/h1-8,13,22H,9H2/t13-/m0/s1. The predicted octanol–water partition coefficient (Wildman–Crippen LogP) is 3.47. The first-order valence-corrected chi connectivity index (χ1v) is 7.48. The number of nitrogens with one attached hydrogen (secondary N) is 1. The summed E-state index contributed by atoms with van der Waals surface area (Å²) in [5.74, 6) is -2.33. The van der Waals surface area contributed by atoms with Crippen molar-refractivity contribution in [2.45, 2.75) is 18.8 Å². The van der Waals surface area contributed by atoms with Gasteiger partial charge in [0.25, 0.3) is 5.91 Å². The van der Waals surface area contributed by atoms with Gasteiger partial charge < -0.3 is 10.1 Å². The Hall–Kier alpha value is -3.10. The lowest BCUT2D eigenvalue weighted by molar-refractivity contribution is -0.274. The van der Waals surface area contributed by atoms with E-state index in [1.807, 2.05) is 0 Å². The smallest absolute Gasteiger partial charge is 0.406 e. The average molecular weight is 368 g/mol. The Kier molecular flexibility index (Phi) is 4.54. The Morgan fingerprint density at radius 3 is 2.31 bits per heavy atom. The molecule has 9 heteroatoms. The van der Waals surface area contributed by atoms with Crippen molar-refractivity contribution in [1.82, 2.24) is 0 Å². The maximum Gasteiger partial charge on any atom is 0.573 e. The van der Waals surface area contributed by atoms with Gasteiger partial charge in [0.2, 0.25) is 5.91 Å². The van der Waals surface area contributed by atoms with Crippen molar-refractivity contribution in [2.75, 3.05) is 10.2 Å². The van der Waals surface area contributed by atoms with Crippen molar-refractivity contribution in [2.24, 2.45) is 0 Å². The van der Waals surface area contributed by atoms with Crippen molar-refractivity contribution in [3.63, 3.8) is 0 Å². The Morgan fingerprint density at radius 2 is 1.69 bits per heavy atom. The number of halogens is 4. The van der Waals surface area contributed by atoms with Gasteiger partial charge >= 0.3 is 6.36 Å². The van der Waals surface area contributed by atoms with E-state index in [-0.39, 0.29) is 12.1 Å². The summed E-state index contributed by atoms with van der Waals surface area (Å²) in [6.07, 6.45) is -5.00. The monoisotopic (exact) mass is 368 g/mol. The van der Waals surface area contributed by atoms with Crippen LogP contribution in [0.15, 0.2) is 48.5 Å². The van der Waals surface area contributed by atoms with Crippen molar-refractivity contribution in [1.29, 1.82) is 0 Å². The van der Waals surface area contributed by atoms with Crippen LogP contribution in [0.5, 0.6) is 5.75 Å². The highest BCUT2D eigenvalue weighted by molar-refractivity contribution is 6.23. The molecule has 1 heterocycles. The van der Waals surface area contributed by atoms with Crippen LogP contribution in [-0.2, 0) is 9.59 Å². The summed E-state index contributed by atoms with van der Waals surface area (Å²) < 4.78 is 54.0. The van der Waals surface area contributed by atoms with Gasteiger partial charge in [0.1, 0.15) is 17.6 Å². The molecule has 1 atom stereocenters. The summed E-state index contributed by atoms with van der Waals surface area (Å²) in [6.45, 7) is 0. The van der Waals surface area contributed by atoms with Crippen molar-refractivity contribution >= 4 is 23.2 Å². The van der Waals surface area contributed by atoms with Gasteiger partial charge in [-0.15, -0.1) is 13.2 Å². The molecule has 5 nitrogen and oxygen atoms in total. The molecular formula is C17H12F4N2O3. The van der Waals surface area contributed by atoms with Crippen LogP contribution >= 0.6 is 0 Å². The quantitative estimate of drug-likeness (QED) is 0.663. The summed E-state index contributed by atoms with van der Waals surface area (Å²) in [7, 11) is 0. The highest BCUT2D eigenvalue weighted by atomic mass is 19.4. The molecule has 0 unspecified atom stereocenters. The van der Waals surface area contributed by atoms with E-state index < -0.39 is 35.8 Å². The molecule has 0 saturated carbocycles. The molecule has 0 bridgehead atoms. The lowest BCUT2D eigenvalue weighted by Gasteiger charge is -2.17. The molecule has 136 valence electrons. The van der Waals surface area contributed by atoms with Crippen LogP contribution in [0.3, 0.4) is 0 Å². The van der Waals surface area contributed by atoms with E-state index in [2.05, 4.69) is 10.1 Å². The van der Waals surface area contributed by atoms with Gasteiger partial charge in [0.15, 0.2) is 0 Å². The molecule has 3 rings (SSSR count). The van der Waals surface area contributed by atoms with Crippen LogP contribution in [-0.4, -0.2) is 24.2 Å². The number of hydrogen-bond donors (Lipinski definition) is 1. The zero-order valence-electron chi connectivity index (χ0n) is 13.1. The largest absolute Gasteiger partial charge is 0.573 e. The molecule has 0 radical (unpaired) electrons. The maximum atomic E-state index is 13.8. The number of para-hydroxylation sites is 1. The Labute approximate surface area is 145 Å². The van der Waals surface area contributed by atoms with Gasteiger partial charge in [-0.3, -0.25) is 9.59 Å². The molecule has 2 amide bonds. The van der Waals surface area contributed by atoms with Crippen LogP contribution < -0.4 is 15.0 Å². The Balaban J connectivity index is 1.72. The first kappa shape index (κ1) is 17.7. The topological polar surface area (TPSA) is 58.6 Å². The minimum absolute atomic E-state index is 0.138. The fourth-order valence-corrected chi connectivity index (χ4v) is 2.58. The molecule has 0 aromatic heterocycles. The molecule has 1 N–H and O–H groups in total. The SMILES string of the molecule is O=C1C[C@H](Nc2ccc(OC(F)(F)F)cc2)C(=O)N1c1ccccc1F. The fraction of sp³-hybridized carbons (Fsp3) is 0.176. The number of amides is 2. The summed E-state index contributed by atoms with van der Waals surface area (Å²) in [4.78, 5) is 25.3. The first-order chi connectivity index (χ1) is 12.2. The minimum Gasteiger partial charge on any atom is -0.406 e. The molecule has 1 aliphatic heterocycles. The molecular weight excluding hydrogens is 356 g/mol. The third-order valence-corrected chi connectivity index (χ3v) is 3.67. The van der Waals surface area contributed by atoms with Gasteiger partial charge in [-0.1, -0.05) is 12.1 Å². The summed E-state index contributed by atoms with van der Waals surface area (Å²) in [6, 6.07) is 9.15. The lowest BCUT2D eigenvalue weighted by Crippen LogP contribution is -2.35. The van der Waals surface area contributed by atoms with Gasteiger partial charge in [-0.05, 0) is 36.4 Å². The second kappa shape index (κ2) is 6.66. The molecule has 1 saturated heterocycles. The molecule has 2 aromatic rings. The number of imide groups is 1. The van der Waals surface area contributed by atoms with Crippen LogP contribution in [0.4, 0.5) is 28.9 Å². The maximum absolute atomic E-state index is 13.8. The van der Waals surface area contributed by atoms with Crippen molar-refractivity contribution < 1.29 is 31.9 Å². The molecule has 0 spiro atoms.